The van der Waals surface area contributed by atoms with Crippen LogP contribution in [-0.4, -0.2) is 61.4 Å². The van der Waals surface area contributed by atoms with E-state index in [-0.39, 0.29) is 50.6 Å². The van der Waals surface area contributed by atoms with Gasteiger partial charge in [-0.2, -0.15) is 0 Å². The Hall–Kier alpha value is 0.200. The molecule has 4 nitrogen and oxygen atoms in total. The molecule has 1 N–H and O–H groups in total. The Morgan fingerprint density at radius 1 is 1.12 bits per heavy atom. The molecule has 0 heterocycles. The van der Waals surface area contributed by atoms with Gasteiger partial charge in [-0.15, -0.1) is 0 Å². The number of carboxylic acids is 1. The van der Waals surface area contributed by atoms with Crippen LogP contribution in [0.2, 0.25) is 0 Å². The molecule has 0 aromatic carbocycles. The van der Waals surface area contributed by atoms with Crippen molar-refractivity contribution in [1.82, 2.24) is 0 Å². The van der Waals surface area contributed by atoms with Gasteiger partial charge < -0.3 is 9.84 Å². The number of esters is 1. The average Bonchev–Trinajstić information content (AvgIpc) is 2.19. The van der Waals surface area contributed by atoms with Gasteiger partial charge in [0.2, 0.25) is 0 Å². The second-order valence-corrected chi connectivity index (χ2v) is 4.36. The summed E-state index contributed by atoms with van der Waals surface area (Å²) in [4.78, 5) is 21.2. The topological polar surface area (TPSA) is 63.6 Å². The molecule has 0 bridgehead atoms. The normalized spacial score (nSPS) is 9.82. The number of ether oxygens (including phenoxy) is 1. The monoisotopic (exact) mass is 272 g/mol. The summed E-state index contributed by atoms with van der Waals surface area (Å²) in [6.45, 7) is 4.79. The van der Waals surface area contributed by atoms with Gasteiger partial charge in [0, 0.05) is 0 Å². The first-order valence-corrected chi connectivity index (χ1v) is 5.89. The molecule has 0 aromatic rings. The molecule has 0 fully saturated rings. The Labute approximate surface area is 133 Å². The minimum absolute atomic E-state index is 0. The number of unbranched alkanes of at least 4 members (excludes halogenated alkanes) is 2. The van der Waals surface area contributed by atoms with Crippen LogP contribution in [0.4, 0.5) is 0 Å². The van der Waals surface area contributed by atoms with Crippen molar-refractivity contribution in [2.75, 3.05) is 6.61 Å². The van der Waals surface area contributed by atoms with Crippen molar-refractivity contribution in [2.45, 2.75) is 52.4 Å². The van der Waals surface area contributed by atoms with Gasteiger partial charge in [0.05, 0.1) is 19.4 Å². The molecule has 98 valence electrons. The third kappa shape index (κ3) is 16.2. The molecule has 0 amide bonds. The molecule has 0 atom stereocenters. The Bertz CT molecular complexity index is 217. The van der Waals surface area contributed by atoms with E-state index in [4.69, 9.17) is 9.84 Å². The van der Waals surface area contributed by atoms with Crippen LogP contribution in [0.5, 0.6) is 0 Å². The maximum absolute atomic E-state index is 11.0. The van der Waals surface area contributed by atoms with Gasteiger partial charge in [-0.3, -0.25) is 9.59 Å². The van der Waals surface area contributed by atoms with E-state index in [1.165, 1.54) is 6.42 Å². The molecule has 0 aliphatic rings. The fourth-order valence-corrected chi connectivity index (χ4v) is 1.30. The summed E-state index contributed by atoms with van der Waals surface area (Å²) < 4.78 is 4.90. The molecule has 17 heavy (non-hydrogen) atoms. The minimum atomic E-state index is -0.964. The molecule has 0 aromatic heterocycles. The van der Waals surface area contributed by atoms with Crippen molar-refractivity contribution in [2.24, 2.45) is 5.92 Å². The number of carbonyl (C=O) groups excluding carboxylic acids is 1. The van der Waals surface area contributed by atoms with Crippen molar-refractivity contribution in [1.29, 1.82) is 0 Å². The van der Waals surface area contributed by atoms with Crippen LogP contribution in [0.3, 0.4) is 0 Å². The molecule has 0 aliphatic carbocycles. The zero-order valence-electron chi connectivity index (χ0n) is 10.2. The summed E-state index contributed by atoms with van der Waals surface area (Å²) in [5, 5.41) is 8.35. The molecular formula is C12H24CaO4. The summed E-state index contributed by atoms with van der Waals surface area (Å²) in [7, 11) is 0. The molecule has 0 saturated carbocycles. The Morgan fingerprint density at radius 2 is 1.76 bits per heavy atom. The fraction of sp³-hybridized carbons (Fsp3) is 0.833. The molecule has 0 saturated heterocycles. The predicted octanol–water partition coefficient (Wildman–Crippen LogP) is 1.69. The van der Waals surface area contributed by atoms with Crippen LogP contribution in [0.25, 0.3) is 0 Å². The van der Waals surface area contributed by atoms with E-state index >= 15 is 0 Å². The van der Waals surface area contributed by atoms with Gasteiger partial charge in [-0.25, -0.2) is 0 Å². The van der Waals surface area contributed by atoms with E-state index < -0.39 is 11.9 Å². The van der Waals surface area contributed by atoms with Crippen molar-refractivity contribution >= 4 is 49.7 Å². The average molecular weight is 272 g/mol. The first-order valence-electron chi connectivity index (χ1n) is 5.89. The molecule has 0 rings (SSSR count). The van der Waals surface area contributed by atoms with Gasteiger partial charge in [0.1, 0.15) is 0 Å². The maximum atomic E-state index is 11.0. The summed E-state index contributed by atoms with van der Waals surface area (Å²) in [5.41, 5.74) is 0. The Morgan fingerprint density at radius 3 is 2.29 bits per heavy atom. The summed E-state index contributed by atoms with van der Waals surface area (Å²) in [6.07, 6.45) is 4.11. The third-order valence-electron chi connectivity index (χ3n) is 2.23. The van der Waals surface area contributed by atoms with Gasteiger partial charge in [0.25, 0.3) is 0 Å². The van der Waals surface area contributed by atoms with Crippen LogP contribution in [0.15, 0.2) is 0 Å². The summed E-state index contributed by atoms with van der Waals surface area (Å²) in [6, 6.07) is 0. The van der Waals surface area contributed by atoms with Crippen molar-refractivity contribution in [3.8, 4) is 0 Å². The zero-order chi connectivity index (χ0) is 12.4. The van der Waals surface area contributed by atoms with Crippen LogP contribution < -0.4 is 0 Å². The molecule has 0 radical (unpaired) electrons. The summed E-state index contributed by atoms with van der Waals surface area (Å²) >= 11 is 0. The van der Waals surface area contributed by atoms with Gasteiger partial charge in [-0.1, -0.05) is 33.1 Å². The Balaban J connectivity index is 0. The van der Waals surface area contributed by atoms with E-state index in [0.29, 0.717) is 6.61 Å². The fourth-order valence-electron chi connectivity index (χ4n) is 1.30. The molecule has 5 heteroatoms. The quantitative estimate of drug-likeness (QED) is 0.394. The van der Waals surface area contributed by atoms with E-state index in [0.717, 1.165) is 25.2 Å². The van der Waals surface area contributed by atoms with E-state index in [9.17, 15) is 9.59 Å². The molecule has 0 unspecified atom stereocenters. The summed E-state index contributed by atoms with van der Waals surface area (Å²) in [5.74, 6) is -0.654. The number of aliphatic carboxylic acids is 1. The van der Waals surface area contributed by atoms with Crippen molar-refractivity contribution in [3.05, 3.63) is 0 Å². The molecule has 0 spiro atoms. The van der Waals surface area contributed by atoms with Crippen molar-refractivity contribution in [3.63, 3.8) is 0 Å². The standard InChI is InChI=1S/C12H22O4.Ca.2H/c1-10(2)6-4-3-5-9-16-12(15)8-7-11(13)14;;;/h10H,3-9H2,1-2H3,(H,13,14);;;. The predicted molar refractivity (Wildman–Crippen MR) is 69.7 cm³/mol. The van der Waals surface area contributed by atoms with Crippen LogP contribution in [-0.2, 0) is 14.3 Å². The number of hydrogen-bond acceptors (Lipinski definition) is 3. The first-order chi connectivity index (χ1) is 7.52. The number of carboxylic acid groups (broad SMARTS) is 1. The third-order valence-corrected chi connectivity index (χ3v) is 2.23. The number of hydrogen-bond donors (Lipinski definition) is 1. The second-order valence-electron chi connectivity index (χ2n) is 4.36. The van der Waals surface area contributed by atoms with E-state index in [2.05, 4.69) is 13.8 Å². The zero-order valence-corrected chi connectivity index (χ0v) is 10.2. The Kier molecular flexibility index (Phi) is 14.5. The van der Waals surface area contributed by atoms with Gasteiger partial charge >= 0.3 is 49.7 Å². The van der Waals surface area contributed by atoms with E-state index in [1.54, 1.807) is 0 Å². The number of rotatable bonds is 9. The van der Waals surface area contributed by atoms with E-state index in [1.807, 2.05) is 0 Å². The molecule has 0 aliphatic heterocycles. The van der Waals surface area contributed by atoms with Crippen LogP contribution in [0.1, 0.15) is 52.4 Å². The SMILES string of the molecule is CC(C)CCCCCOC(=O)CCC(=O)O.[CaH2]. The number of carbonyl (C=O) groups is 2. The van der Waals surface area contributed by atoms with Crippen molar-refractivity contribution < 1.29 is 19.4 Å². The second kappa shape index (κ2) is 12.7. The van der Waals surface area contributed by atoms with Crippen LogP contribution in [0, 0.1) is 5.92 Å². The molecular weight excluding hydrogens is 248 g/mol. The van der Waals surface area contributed by atoms with Gasteiger partial charge in [-0.05, 0) is 12.3 Å². The van der Waals surface area contributed by atoms with Crippen LogP contribution >= 0.6 is 0 Å². The van der Waals surface area contributed by atoms with Gasteiger partial charge in [0.15, 0.2) is 0 Å². The first kappa shape index (κ1) is 19.5.